The number of hydrogen-bond acceptors (Lipinski definition) is 4. The molecule has 3 N–H and O–H groups in total. The van der Waals surface area contributed by atoms with Crippen LogP contribution in [0, 0.1) is 5.92 Å². The molecule has 1 aromatic heterocycles. The number of amides is 1. The number of nitrogens with one attached hydrogen (secondary N) is 1. The number of aromatic hydroxyl groups is 1. The maximum atomic E-state index is 12.8. The van der Waals surface area contributed by atoms with Gasteiger partial charge in [0.05, 0.1) is 11.3 Å². The number of benzene rings is 2. The maximum Gasteiger partial charge on any atom is 0.335 e. The van der Waals surface area contributed by atoms with Crippen LogP contribution in [0.1, 0.15) is 32.8 Å². The lowest BCUT2D eigenvalue weighted by molar-refractivity contribution is 0.0696. The average Bonchev–Trinajstić information content (AvgIpc) is 3.38. The van der Waals surface area contributed by atoms with Crippen molar-refractivity contribution < 1.29 is 19.8 Å². The Labute approximate surface area is 167 Å². The summed E-state index contributed by atoms with van der Waals surface area (Å²) in [5.41, 5.74) is 3.27. The fraction of sp³-hybridized carbons (Fsp3) is 0.227. The van der Waals surface area contributed by atoms with Crippen molar-refractivity contribution in [1.82, 2.24) is 15.1 Å². The molecule has 1 amide bonds. The predicted octanol–water partition coefficient (Wildman–Crippen LogP) is 3.19. The van der Waals surface area contributed by atoms with Gasteiger partial charge in [-0.15, -0.1) is 0 Å². The molecular formula is C22H21N3O4. The molecule has 7 heteroatoms. The minimum Gasteiger partial charge on any atom is -0.508 e. The van der Waals surface area contributed by atoms with Crippen LogP contribution in [0.15, 0.2) is 54.6 Å². The van der Waals surface area contributed by atoms with E-state index in [0.29, 0.717) is 30.4 Å². The Morgan fingerprint density at radius 1 is 1.10 bits per heavy atom. The first-order valence-corrected chi connectivity index (χ1v) is 9.46. The van der Waals surface area contributed by atoms with Crippen molar-refractivity contribution in [3.05, 3.63) is 71.4 Å². The monoisotopic (exact) mass is 391 g/mol. The quantitative estimate of drug-likeness (QED) is 0.619. The van der Waals surface area contributed by atoms with E-state index in [1.54, 1.807) is 42.5 Å². The summed E-state index contributed by atoms with van der Waals surface area (Å²) in [5.74, 6) is -0.484. The number of carbonyl (C=O) groups excluding carboxylic acids is 1. The van der Waals surface area contributed by atoms with Crippen LogP contribution < -0.4 is 0 Å². The van der Waals surface area contributed by atoms with Gasteiger partial charge in [-0.1, -0.05) is 12.1 Å². The first-order chi connectivity index (χ1) is 14.0. The lowest BCUT2D eigenvalue weighted by Gasteiger charge is -2.15. The van der Waals surface area contributed by atoms with Gasteiger partial charge in [0.25, 0.3) is 5.91 Å². The number of aromatic carboxylic acids is 1. The zero-order valence-corrected chi connectivity index (χ0v) is 15.7. The predicted molar refractivity (Wildman–Crippen MR) is 107 cm³/mol. The normalized spacial score (nSPS) is 16.1. The summed E-state index contributed by atoms with van der Waals surface area (Å²) in [7, 11) is 0. The summed E-state index contributed by atoms with van der Waals surface area (Å²) in [4.78, 5) is 25.6. The number of aromatic nitrogens is 2. The number of hydrogen-bond donors (Lipinski definition) is 3. The first kappa shape index (κ1) is 18.7. The molecule has 0 radical (unpaired) electrons. The van der Waals surface area contributed by atoms with Gasteiger partial charge < -0.3 is 15.1 Å². The number of carbonyl (C=O) groups is 2. The number of phenols is 1. The van der Waals surface area contributed by atoms with Gasteiger partial charge in [-0.2, -0.15) is 5.10 Å². The van der Waals surface area contributed by atoms with Crippen LogP contribution in [-0.2, 0) is 6.42 Å². The van der Waals surface area contributed by atoms with Gasteiger partial charge >= 0.3 is 5.97 Å². The second-order valence-corrected chi connectivity index (χ2v) is 7.33. The highest BCUT2D eigenvalue weighted by Gasteiger charge is 2.28. The Balaban J connectivity index is 1.38. The lowest BCUT2D eigenvalue weighted by Crippen LogP contribution is -2.29. The van der Waals surface area contributed by atoms with Crippen molar-refractivity contribution in [2.24, 2.45) is 5.92 Å². The van der Waals surface area contributed by atoms with E-state index >= 15 is 0 Å². The third-order valence-corrected chi connectivity index (χ3v) is 5.27. The smallest absolute Gasteiger partial charge is 0.335 e. The van der Waals surface area contributed by atoms with Crippen molar-refractivity contribution in [1.29, 1.82) is 0 Å². The van der Waals surface area contributed by atoms with Gasteiger partial charge in [-0.3, -0.25) is 9.89 Å². The number of carboxylic acids is 1. The minimum absolute atomic E-state index is 0.0775. The summed E-state index contributed by atoms with van der Waals surface area (Å²) >= 11 is 0. The number of carboxylic acid groups (broad SMARTS) is 1. The first-order valence-electron chi connectivity index (χ1n) is 9.46. The van der Waals surface area contributed by atoms with E-state index in [2.05, 4.69) is 10.2 Å². The largest absolute Gasteiger partial charge is 0.508 e. The molecule has 1 saturated heterocycles. The SMILES string of the molecule is O=C(O)c1ccc(C[C@H]2CCN(C(=O)c3cc(-c4ccc(O)cc4)n[nH]3)C2)cc1. The number of nitrogens with zero attached hydrogens (tertiary/aromatic N) is 2. The van der Waals surface area contributed by atoms with Crippen LogP contribution in [0.2, 0.25) is 0 Å². The molecule has 1 fully saturated rings. The molecule has 29 heavy (non-hydrogen) atoms. The number of phenolic OH excluding ortho intramolecular Hbond substituents is 1. The van der Waals surface area contributed by atoms with Gasteiger partial charge in [0.2, 0.25) is 0 Å². The Kier molecular flexibility index (Phi) is 5.03. The van der Waals surface area contributed by atoms with E-state index in [9.17, 15) is 14.7 Å². The zero-order valence-electron chi connectivity index (χ0n) is 15.7. The van der Waals surface area contributed by atoms with Crippen molar-refractivity contribution >= 4 is 11.9 Å². The fourth-order valence-electron chi connectivity index (χ4n) is 3.68. The number of likely N-dealkylation sites (tertiary alicyclic amines) is 1. The van der Waals surface area contributed by atoms with Crippen LogP contribution in [0.5, 0.6) is 5.75 Å². The van der Waals surface area contributed by atoms with E-state index in [1.165, 1.54) is 0 Å². The lowest BCUT2D eigenvalue weighted by atomic mass is 9.98. The molecule has 2 heterocycles. The summed E-state index contributed by atoms with van der Waals surface area (Å²) in [6.45, 7) is 1.34. The van der Waals surface area contributed by atoms with Crippen LogP contribution >= 0.6 is 0 Å². The van der Waals surface area contributed by atoms with Crippen LogP contribution in [-0.4, -0.2) is 50.3 Å². The van der Waals surface area contributed by atoms with Gasteiger partial charge in [0.1, 0.15) is 11.4 Å². The second kappa shape index (κ2) is 7.79. The highest BCUT2D eigenvalue weighted by molar-refractivity contribution is 5.93. The molecule has 1 aliphatic rings. The van der Waals surface area contributed by atoms with Crippen LogP contribution in [0.25, 0.3) is 11.3 Å². The molecule has 1 atom stereocenters. The molecule has 0 bridgehead atoms. The molecular weight excluding hydrogens is 370 g/mol. The third-order valence-electron chi connectivity index (χ3n) is 5.27. The Morgan fingerprint density at radius 3 is 2.52 bits per heavy atom. The van der Waals surface area contributed by atoms with Gasteiger partial charge in [-0.25, -0.2) is 4.79 Å². The van der Waals surface area contributed by atoms with E-state index in [1.807, 2.05) is 17.0 Å². The summed E-state index contributed by atoms with van der Waals surface area (Å²) in [6.07, 6.45) is 1.72. The topological polar surface area (TPSA) is 107 Å². The molecule has 1 aliphatic heterocycles. The minimum atomic E-state index is -0.930. The Hall–Kier alpha value is -3.61. The zero-order chi connectivity index (χ0) is 20.4. The summed E-state index contributed by atoms with van der Waals surface area (Å²) in [6, 6.07) is 15.3. The van der Waals surface area contributed by atoms with E-state index in [4.69, 9.17) is 5.11 Å². The summed E-state index contributed by atoms with van der Waals surface area (Å²) in [5, 5.41) is 25.4. The van der Waals surface area contributed by atoms with Crippen molar-refractivity contribution in [2.75, 3.05) is 13.1 Å². The molecule has 148 valence electrons. The highest BCUT2D eigenvalue weighted by Crippen LogP contribution is 2.24. The maximum absolute atomic E-state index is 12.8. The standard InChI is InChI=1S/C22H21N3O4/c26-18-7-5-16(6-8-18)19-12-20(24-23-19)21(27)25-10-9-15(13-25)11-14-1-3-17(4-2-14)22(28)29/h1-8,12,15,26H,9-11,13H2,(H,23,24)(H,28,29)/t15-/m1/s1. The number of H-pyrrole nitrogens is 1. The molecule has 3 aromatic rings. The van der Waals surface area contributed by atoms with Gasteiger partial charge in [-0.05, 0) is 66.8 Å². The molecule has 4 rings (SSSR count). The summed E-state index contributed by atoms with van der Waals surface area (Å²) < 4.78 is 0. The number of aromatic amines is 1. The molecule has 0 unspecified atom stereocenters. The van der Waals surface area contributed by atoms with Gasteiger partial charge in [0, 0.05) is 18.7 Å². The van der Waals surface area contributed by atoms with Crippen molar-refractivity contribution in [3.8, 4) is 17.0 Å². The average molecular weight is 391 g/mol. The Morgan fingerprint density at radius 2 is 1.83 bits per heavy atom. The van der Waals surface area contributed by atoms with Crippen LogP contribution in [0.3, 0.4) is 0 Å². The van der Waals surface area contributed by atoms with E-state index < -0.39 is 5.97 Å². The van der Waals surface area contributed by atoms with E-state index in [-0.39, 0.29) is 17.2 Å². The second-order valence-electron chi connectivity index (χ2n) is 7.33. The fourth-order valence-corrected chi connectivity index (χ4v) is 3.68. The van der Waals surface area contributed by atoms with Crippen molar-refractivity contribution in [3.63, 3.8) is 0 Å². The molecule has 0 spiro atoms. The number of rotatable bonds is 5. The third kappa shape index (κ3) is 4.13. The molecule has 0 aliphatic carbocycles. The highest BCUT2D eigenvalue weighted by atomic mass is 16.4. The van der Waals surface area contributed by atoms with Crippen molar-refractivity contribution in [2.45, 2.75) is 12.8 Å². The molecule has 2 aromatic carbocycles. The van der Waals surface area contributed by atoms with E-state index in [0.717, 1.165) is 24.0 Å². The molecule has 0 saturated carbocycles. The van der Waals surface area contributed by atoms with Gasteiger partial charge in [0.15, 0.2) is 0 Å². The van der Waals surface area contributed by atoms with Crippen LogP contribution in [0.4, 0.5) is 0 Å². The molecule has 7 nitrogen and oxygen atoms in total. The Bertz CT molecular complexity index is 1020.